The predicted molar refractivity (Wildman–Crippen MR) is 118 cm³/mol. The van der Waals surface area contributed by atoms with Gasteiger partial charge in [-0.25, -0.2) is 4.39 Å². The van der Waals surface area contributed by atoms with Crippen molar-refractivity contribution in [1.29, 1.82) is 0 Å². The van der Waals surface area contributed by atoms with Gasteiger partial charge in [0.15, 0.2) is 0 Å². The molecular weight excluding hydrogens is 393 g/mol. The highest BCUT2D eigenvalue weighted by Gasteiger charge is 2.42. The van der Waals surface area contributed by atoms with Crippen molar-refractivity contribution in [3.63, 3.8) is 0 Å². The van der Waals surface area contributed by atoms with E-state index in [9.17, 15) is 14.0 Å². The number of rotatable bonds is 5. The van der Waals surface area contributed by atoms with E-state index >= 15 is 0 Å². The van der Waals surface area contributed by atoms with Gasteiger partial charge in [0.1, 0.15) is 11.5 Å². The first-order valence-electron chi connectivity index (χ1n) is 10.7. The van der Waals surface area contributed by atoms with Crippen molar-refractivity contribution >= 4 is 17.4 Å². The lowest BCUT2D eigenvalue weighted by atomic mass is 10.00. The second-order valence-electron chi connectivity index (χ2n) is 8.56. The number of piperidine rings is 1. The Morgan fingerprint density at radius 3 is 2.19 bits per heavy atom. The monoisotopic (exact) mass is 421 g/mol. The van der Waals surface area contributed by atoms with Crippen LogP contribution < -0.4 is 0 Å². The molecule has 31 heavy (non-hydrogen) atoms. The van der Waals surface area contributed by atoms with Gasteiger partial charge in [0.05, 0.1) is 12.1 Å². The fourth-order valence-electron chi connectivity index (χ4n) is 4.35. The molecule has 2 heterocycles. The number of likely N-dealkylation sites (tertiary alicyclic amines) is 1. The maximum Gasteiger partial charge on any atom is 0.278 e. The molecule has 1 fully saturated rings. The van der Waals surface area contributed by atoms with Crippen LogP contribution in [0.5, 0.6) is 0 Å². The normalized spacial score (nSPS) is 18.3. The molecule has 1 saturated heterocycles. The fraction of sp³-hybridized carbons (Fsp3) is 0.360. The molecule has 2 aliphatic heterocycles. The van der Waals surface area contributed by atoms with Gasteiger partial charge in [-0.15, -0.1) is 0 Å². The van der Waals surface area contributed by atoms with Gasteiger partial charge in [0.2, 0.25) is 0 Å². The quantitative estimate of drug-likeness (QED) is 0.694. The zero-order valence-corrected chi connectivity index (χ0v) is 18.3. The molecule has 0 radical (unpaired) electrons. The molecule has 5 nitrogen and oxygen atoms in total. The third-order valence-electron chi connectivity index (χ3n) is 6.33. The average Bonchev–Trinajstić information content (AvgIpc) is 3.00. The second-order valence-corrected chi connectivity index (χ2v) is 8.56. The summed E-state index contributed by atoms with van der Waals surface area (Å²) in [5.41, 5.74) is 3.36. The first-order chi connectivity index (χ1) is 14.8. The molecule has 0 saturated carbocycles. The first-order valence-corrected chi connectivity index (χ1v) is 10.7. The summed E-state index contributed by atoms with van der Waals surface area (Å²) >= 11 is 0. The highest BCUT2D eigenvalue weighted by atomic mass is 19.1. The van der Waals surface area contributed by atoms with Crippen molar-refractivity contribution in [3.8, 4) is 0 Å². The van der Waals surface area contributed by atoms with E-state index in [1.807, 2.05) is 43.1 Å². The van der Waals surface area contributed by atoms with E-state index in [-0.39, 0.29) is 30.2 Å². The topological polar surface area (TPSA) is 43.9 Å². The number of benzene rings is 2. The van der Waals surface area contributed by atoms with Crippen molar-refractivity contribution < 1.29 is 14.0 Å². The molecule has 2 aliphatic rings. The molecule has 6 heteroatoms. The number of nitrogens with zero attached hydrogens (tertiary/aromatic N) is 3. The number of hydrogen-bond donors (Lipinski definition) is 0. The van der Waals surface area contributed by atoms with Crippen LogP contribution in [0.4, 0.5) is 4.39 Å². The smallest absolute Gasteiger partial charge is 0.278 e. The molecule has 4 rings (SSSR count). The van der Waals surface area contributed by atoms with Crippen LogP contribution in [0, 0.1) is 12.7 Å². The standard InChI is InChI=1S/C25H28FN3O2/c1-17-4-6-18(7-5-17)16-29-24(30)22(19-8-10-20(26)11-9-19)23(25(29)31)28(3)21-12-14-27(2)15-13-21/h4-11,21H,12-16H2,1-3H3. The molecule has 0 spiro atoms. The summed E-state index contributed by atoms with van der Waals surface area (Å²) in [5.74, 6) is -0.985. The molecule has 2 amide bonds. The molecule has 0 aliphatic carbocycles. The highest BCUT2D eigenvalue weighted by Crippen LogP contribution is 2.34. The third-order valence-corrected chi connectivity index (χ3v) is 6.33. The lowest BCUT2D eigenvalue weighted by molar-refractivity contribution is -0.138. The fourth-order valence-corrected chi connectivity index (χ4v) is 4.35. The summed E-state index contributed by atoms with van der Waals surface area (Å²) in [7, 11) is 3.99. The van der Waals surface area contributed by atoms with Crippen LogP contribution in [0.15, 0.2) is 54.2 Å². The summed E-state index contributed by atoms with van der Waals surface area (Å²) in [6.07, 6.45) is 1.85. The van der Waals surface area contributed by atoms with Crippen molar-refractivity contribution in [3.05, 3.63) is 76.7 Å². The van der Waals surface area contributed by atoms with Crippen LogP contribution in [-0.4, -0.2) is 59.7 Å². The van der Waals surface area contributed by atoms with Crippen LogP contribution in [0.1, 0.15) is 29.5 Å². The van der Waals surface area contributed by atoms with Gasteiger partial charge in [-0.3, -0.25) is 14.5 Å². The molecule has 2 aromatic rings. The largest absolute Gasteiger partial charge is 0.366 e. The summed E-state index contributed by atoms with van der Waals surface area (Å²) in [4.78, 5) is 32.5. The lowest BCUT2D eigenvalue weighted by Crippen LogP contribution is -2.43. The Morgan fingerprint density at radius 2 is 1.58 bits per heavy atom. The zero-order valence-electron chi connectivity index (χ0n) is 18.3. The number of imide groups is 1. The number of likely N-dealkylation sites (N-methyl/N-ethyl adjacent to an activating group) is 1. The molecule has 0 bridgehead atoms. The third kappa shape index (κ3) is 4.26. The number of hydrogen-bond acceptors (Lipinski definition) is 4. The van der Waals surface area contributed by atoms with Crippen LogP contribution in [0.3, 0.4) is 0 Å². The lowest BCUT2D eigenvalue weighted by Gasteiger charge is -2.36. The van der Waals surface area contributed by atoms with E-state index in [4.69, 9.17) is 0 Å². The van der Waals surface area contributed by atoms with E-state index in [0.717, 1.165) is 37.1 Å². The van der Waals surface area contributed by atoms with E-state index in [1.165, 1.54) is 17.0 Å². The Kier molecular flexibility index (Phi) is 5.92. The number of halogens is 1. The maximum absolute atomic E-state index is 13.5. The van der Waals surface area contributed by atoms with Gasteiger partial charge in [-0.1, -0.05) is 42.0 Å². The molecule has 2 aromatic carbocycles. The molecule has 162 valence electrons. The van der Waals surface area contributed by atoms with Gasteiger partial charge < -0.3 is 9.80 Å². The van der Waals surface area contributed by atoms with Crippen molar-refractivity contribution in [2.24, 2.45) is 0 Å². The Hall–Kier alpha value is -2.99. The molecule has 0 atom stereocenters. The summed E-state index contributed by atoms with van der Waals surface area (Å²) in [6.45, 7) is 4.11. The van der Waals surface area contributed by atoms with Crippen LogP contribution in [0.2, 0.25) is 0 Å². The van der Waals surface area contributed by atoms with E-state index in [2.05, 4.69) is 11.9 Å². The number of aryl methyl sites for hydroxylation is 1. The van der Waals surface area contributed by atoms with Gasteiger partial charge in [0.25, 0.3) is 11.8 Å². The minimum absolute atomic E-state index is 0.178. The second kappa shape index (κ2) is 8.63. The first kappa shape index (κ1) is 21.2. The van der Waals surface area contributed by atoms with Gasteiger partial charge in [-0.05, 0) is 63.2 Å². The van der Waals surface area contributed by atoms with Crippen LogP contribution in [-0.2, 0) is 16.1 Å². The van der Waals surface area contributed by atoms with E-state index < -0.39 is 0 Å². The molecular formula is C25H28FN3O2. The van der Waals surface area contributed by atoms with Crippen LogP contribution >= 0.6 is 0 Å². The van der Waals surface area contributed by atoms with Gasteiger partial charge >= 0.3 is 0 Å². The molecule has 0 N–H and O–H groups in total. The summed E-state index contributed by atoms with van der Waals surface area (Å²) in [5, 5.41) is 0. The highest BCUT2D eigenvalue weighted by molar-refractivity contribution is 6.35. The number of carbonyl (C=O) groups excluding carboxylic acids is 2. The minimum atomic E-state index is -0.372. The number of carbonyl (C=O) groups is 2. The Labute approximate surface area is 182 Å². The maximum atomic E-state index is 13.5. The van der Waals surface area contributed by atoms with Crippen molar-refractivity contribution in [1.82, 2.24) is 14.7 Å². The van der Waals surface area contributed by atoms with E-state index in [0.29, 0.717) is 16.8 Å². The summed E-state index contributed by atoms with van der Waals surface area (Å²) in [6, 6.07) is 13.8. The average molecular weight is 422 g/mol. The molecule has 0 unspecified atom stereocenters. The van der Waals surface area contributed by atoms with Crippen LogP contribution in [0.25, 0.3) is 5.57 Å². The Bertz CT molecular complexity index is 1010. The van der Waals surface area contributed by atoms with Crippen molar-refractivity contribution in [2.75, 3.05) is 27.2 Å². The minimum Gasteiger partial charge on any atom is -0.366 e. The van der Waals surface area contributed by atoms with Gasteiger partial charge in [0, 0.05) is 13.1 Å². The summed E-state index contributed by atoms with van der Waals surface area (Å²) < 4.78 is 13.5. The Morgan fingerprint density at radius 1 is 0.968 bits per heavy atom. The van der Waals surface area contributed by atoms with Gasteiger partial charge in [-0.2, -0.15) is 0 Å². The van der Waals surface area contributed by atoms with Crippen molar-refractivity contribution in [2.45, 2.75) is 32.4 Å². The Balaban J connectivity index is 1.70. The molecule has 0 aromatic heterocycles. The zero-order chi connectivity index (χ0) is 22.1. The predicted octanol–water partition coefficient (Wildman–Crippen LogP) is 3.44. The van der Waals surface area contributed by atoms with E-state index in [1.54, 1.807) is 12.1 Å². The SMILES string of the molecule is Cc1ccc(CN2C(=O)C(c3ccc(F)cc3)=C(N(C)C3CCN(C)CC3)C2=O)cc1. The number of amides is 2.